The average Bonchev–Trinajstić information content (AvgIpc) is 3.28. The number of carbonyl (C=O) groups is 2. The van der Waals surface area contributed by atoms with Gasteiger partial charge in [0.15, 0.2) is 0 Å². The van der Waals surface area contributed by atoms with Gasteiger partial charge in [0, 0.05) is 74.1 Å². The zero-order chi connectivity index (χ0) is 29.0. The number of nitrogens with zero attached hydrogens (tertiary/aromatic N) is 5. The van der Waals surface area contributed by atoms with Gasteiger partial charge in [-0.15, -0.1) is 10.2 Å². The van der Waals surface area contributed by atoms with Gasteiger partial charge in [0.05, 0.1) is 18.0 Å². The predicted octanol–water partition coefficient (Wildman–Crippen LogP) is 4.45. The number of hydrogen-bond donors (Lipinski definition) is 2. The number of thioether (sulfide) groups is 1. The van der Waals surface area contributed by atoms with Crippen LogP contribution in [0, 0.1) is 5.82 Å². The molecule has 3 aromatic rings. The van der Waals surface area contributed by atoms with E-state index in [2.05, 4.69) is 42.7 Å². The molecule has 2 saturated heterocycles. The Morgan fingerprint density at radius 2 is 1.98 bits per heavy atom. The summed E-state index contributed by atoms with van der Waals surface area (Å²) < 4.78 is 19.0. The number of halogens is 2. The Kier molecular flexibility index (Phi) is 9.03. The molecule has 5 rings (SSSR count). The maximum absolute atomic E-state index is 14.7. The second-order valence-electron chi connectivity index (χ2n) is 10.3. The highest BCUT2D eigenvalue weighted by molar-refractivity contribution is 8.01. The van der Waals surface area contributed by atoms with E-state index in [0.29, 0.717) is 53.2 Å². The number of rotatable bonds is 9. The highest BCUT2D eigenvalue weighted by Crippen LogP contribution is 2.43. The minimum absolute atomic E-state index is 0.123. The smallest absolute Gasteiger partial charge is 0.322 e. The lowest BCUT2D eigenvalue weighted by molar-refractivity contribution is -0.139. The fraction of sp³-hybridized carbons (Fsp3) is 0.393. The molecule has 4 heterocycles. The zero-order valence-corrected chi connectivity index (χ0v) is 24.4. The lowest BCUT2D eigenvalue weighted by Gasteiger charge is -2.32. The van der Waals surface area contributed by atoms with E-state index < -0.39 is 10.6 Å². The number of cyclic esters (lactones) is 1. The molecule has 1 unspecified atom stereocenters. The fourth-order valence-electron chi connectivity index (χ4n) is 4.54. The Morgan fingerprint density at radius 1 is 1.17 bits per heavy atom. The Bertz CT molecular complexity index is 1440. The molecule has 0 aliphatic carbocycles. The van der Waals surface area contributed by atoms with Gasteiger partial charge in [0.1, 0.15) is 21.4 Å². The van der Waals surface area contributed by atoms with Crippen LogP contribution in [-0.2, 0) is 14.3 Å². The van der Waals surface area contributed by atoms with Crippen LogP contribution in [-0.4, -0.2) is 88.0 Å². The van der Waals surface area contributed by atoms with Crippen molar-refractivity contribution >= 4 is 52.4 Å². The van der Waals surface area contributed by atoms with Crippen LogP contribution < -0.4 is 10.6 Å². The van der Waals surface area contributed by atoms with Crippen LogP contribution in [0.3, 0.4) is 0 Å². The number of piperazine rings is 1. The van der Waals surface area contributed by atoms with Crippen LogP contribution in [0.2, 0.25) is 5.02 Å². The largest absolute Gasteiger partial charge is 0.465 e. The maximum atomic E-state index is 14.7. The van der Waals surface area contributed by atoms with Gasteiger partial charge in [-0.3, -0.25) is 9.59 Å². The summed E-state index contributed by atoms with van der Waals surface area (Å²) in [5.74, 6) is -0.554. The summed E-state index contributed by atoms with van der Waals surface area (Å²) in [4.78, 5) is 33.9. The summed E-state index contributed by atoms with van der Waals surface area (Å²) in [7, 11) is 2.10. The number of anilines is 3. The predicted molar refractivity (Wildman–Crippen MR) is 157 cm³/mol. The molecule has 216 valence electrons. The molecular formula is C28H31ClFN7O3S. The van der Waals surface area contributed by atoms with Crippen molar-refractivity contribution < 1.29 is 18.7 Å². The first-order chi connectivity index (χ1) is 19.7. The Balaban J connectivity index is 1.35. The van der Waals surface area contributed by atoms with Crippen LogP contribution in [0.5, 0.6) is 0 Å². The number of likely N-dealkylation sites (N-methyl/N-ethyl adjacent to an activating group) is 1. The number of hydrogen-bond acceptors (Lipinski definition) is 10. The number of nitrogens with one attached hydrogen (secondary N) is 2. The van der Waals surface area contributed by atoms with Gasteiger partial charge < -0.3 is 25.2 Å². The van der Waals surface area contributed by atoms with Gasteiger partial charge in [0.2, 0.25) is 5.91 Å². The molecule has 2 fully saturated rings. The summed E-state index contributed by atoms with van der Waals surface area (Å²) >= 11 is 7.34. The lowest BCUT2D eigenvalue weighted by atomic mass is 10.1. The Hall–Kier alpha value is -3.32. The van der Waals surface area contributed by atoms with Crippen molar-refractivity contribution in [1.29, 1.82) is 0 Å². The highest BCUT2D eigenvalue weighted by Gasteiger charge is 2.42. The molecule has 2 aliphatic heterocycles. The van der Waals surface area contributed by atoms with Crippen molar-refractivity contribution in [2.24, 2.45) is 0 Å². The SMILES string of the molecule is CN1CCN(CCC(=O)Nc2cc(Nc3cc(-c4cc(Cl)ccc4F)nnc3SC3(C)CCOC3=O)ccn2)CC1. The molecule has 0 saturated carbocycles. The number of amides is 1. The average molecular weight is 600 g/mol. The van der Waals surface area contributed by atoms with Crippen LogP contribution in [0.4, 0.5) is 21.6 Å². The van der Waals surface area contributed by atoms with Gasteiger partial charge in [-0.05, 0) is 44.3 Å². The van der Waals surface area contributed by atoms with E-state index in [1.807, 2.05) is 0 Å². The molecule has 0 bridgehead atoms. The van der Waals surface area contributed by atoms with Crippen molar-refractivity contribution in [2.75, 3.05) is 57.0 Å². The summed E-state index contributed by atoms with van der Waals surface area (Å²) in [6.45, 7) is 6.68. The van der Waals surface area contributed by atoms with Crippen molar-refractivity contribution in [3.63, 3.8) is 0 Å². The minimum atomic E-state index is -0.838. The first-order valence-corrected chi connectivity index (χ1v) is 14.5. The van der Waals surface area contributed by atoms with Gasteiger partial charge in [-0.1, -0.05) is 23.4 Å². The summed E-state index contributed by atoms with van der Waals surface area (Å²) in [5, 5.41) is 15.5. The number of pyridine rings is 1. The Morgan fingerprint density at radius 3 is 2.73 bits per heavy atom. The normalized spacial score (nSPS) is 19.7. The topological polar surface area (TPSA) is 113 Å². The molecular weight excluding hydrogens is 569 g/mol. The molecule has 0 radical (unpaired) electrons. The number of ether oxygens (including phenoxy) is 1. The van der Waals surface area contributed by atoms with Crippen LogP contribution in [0.15, 0.2) is 47.6 Å². The maximum Gasteiger partial charge on any atom is 0.322 e. The second-order valence-corrected chi connectivity index (χ2v) is 12.2. The van der Waals surface area contributed by atoms with E-state index in [0.717, 1.165) is 26.2 Å². The van der Waals surface area contributed by atoms with Crippen molar-refractivity contribution in [2.45, 2.75) is 29.5 Å². The lowest BCUT2D eigenvalue weighted by Crippen LogP contribution is -2.45. The van der Waals surface area contributed by atoms with E-state index >= 15 is 0 Å². The van der Waals surface area contributed by atoms with E-state index in [1.54, 1.807) is 31.3 Å². The third-order valence-electron chi connectivity index (χ3n) is 7.09. The van der Waals surface area contributed by atoms with Gasteiger partial charge in [-0.25, -0.2) is 9.37 Å². The third kappa shape index (κ3) is 7.31. The van der Waals surface area contributed by atoms with Crippen LogP contribution in [0.25, 0.3) is 11.3 Å². The molecule has 1 aromatic carbocycles. The van der Waals surface area contributed by atoms with Crippen molar-refractivity contribution in [3.05, 3.63) is 53.4 Å². The molecule has 0 spiro atoms. The molecule has 1 atom stereocenters. The number of carbonyl (C=O) groups excluding carboxylic acids is 2. The minimum Gasteiger partial charge on any atom is -0.465 e. The summed E-state index contributed by atoms with van der Waals surface area (Å²) in [6.07, 6.45) is 2.45. The third-order valence-corrected chi connectivity index (χ3v) is 8.64. The monoisotopic (exact) mass is 599 g/mol. The molecule has 2 N–H and O–H groups in total. The summed E-state index contributed by atoms with van der Waals surface area (Å²) in [6, 6.07) is 9.31. The van der Waals surface area contributed by atoms with Crippen LogP contribution in [0.1, 0.15) is 19.8 Å². The number of esters is 1. The van der Waals surface area contributed by atoms with Gasteiger partial charge in [0.25, 0.3) is 0 Å². The van der Waals surface area contributed by atoms with Crippen molar-refractivity contribution in [1.82, 2.24) is 25.0 Å². The highest BCUT2D eigenvalue weighted by atomic mass is 35.5. The Labute approximate surface area is 247 Å². The first kappa shape index (κ1) is 29.2. The van der Waals surface area contributed by atoms with Crippen molar-refractivity contribution in [3.8, 4) is 11.3 Å². The van der Waals surface area contributed by atoms with Gasteiger partial charge in [-0.2, -0.15) is 0 Å². The van der Waals surface area contributed by atoms with Crippen LogP contribution >= 0.6 is 23.4 Å². The van der Waals surface area contributed by atoms with E-state index in [9.17, 15) is 14.0 Å². The van der Waals surface area contributed by atoms with E-state index in [1.165, 1.54) is 30.0 Å². The first-order valence-electron chi connectivity index (χ1n) is 13.3. The molecule has 41 heavy (non-hydrogen) atoms. The fourth-order valence-corrected chi connectivity index (χ4v) is 5.77. The number of benzene rings is 1. The molecule has 13 heteroatoms. The van der Waals surface area contributed by atoms with Gasteiger partial charge >= 0.3 is 5.97 Å². The van der Waals surface area contributed by atoms with E-state index in [-0.39, 0.29) is 23.1 Å². The zero-order valence-electron chi connectivity index (χ0n) is 22.8. The molecule has 2 aromatic heterocycles. The standard InChI is InChI=1S/C28H31ClFN7O3S/c1-28(7-14-40-27(28)39)41-26-23(17-22(34-35-26)20-15-18(29)3-4-21(20)30)32-19-5-8-31-24(16-19)33-25(38)6-9-37-12-10-36(2)11-13-37/h3-5,8,15-17H,6-7,9-14H2,1-2H3,(H2,31,32,33,34,38). The molecule has 2 aliphatic rings. The second kappa shape index (κ2) is 12.7. The summed E-state index contributed by atoms with van der Waals surface area (Å²) in [5.41, 5.74) is 1.57. The molecule has 1 amide bonds. The molecule has 10 nitrogen and oxygen atoms in total. The quantitative estimate of drug-likeness (QED) is 0.342. The van der Waals surface area contributed by atoms with E-state index in [4.69, 9.17) is 16.3 Å². The number of aromatic nitrogens is 3.